The van der Waals surface area contributed by atoms with Gasteiger partial charge in [-0.15, -0.1) is 0 Å². The quantitative estimate of drug-likeness (QED) is 0.210. The van der Waals surface area contributed by atoms with Crippen LogP contribution < -0.4 is 0 Å². The topological polar surface area (TPSA) is 26.3 Å². The second-order valence-corrected chi connectivity index (χ2v) is 7.88. The largest absolute Gasteiger partial charge is 0.465 e. The van der Waals surface area contributed by atoms with E-state index in [0.717, 1.165) is 12.8 Å². The van der Waals surface area contributed by atoms with Crippen molar-refractivity contribution in [1.82, 2.24) is 0 Å². The number of rotatable bonds is 7. The third-order valence-corrected chi connectivity index (χ3v) is 5.36. The average molecular weight is 450 g/mol. The molecule has 0 aromatic heterocycles. The van der Waals surface area contributed by atoms with Crippen molar-refractivity contribution in [3.63, 3.8) is 0 Å². The normalized spacial score (nSPS) is 21.4. The Morgan fingerprint density at radius 2 is 1.72 bits per heavy atom. The zero-order chi connectivity index (χ0) is 18.2. The highest BCUT2D eigenvalue weighted by Crippen LogP contribution is 2.39. The van der Waals surface area contributed by atoms with E-state index in [2.05, 4.69) is 102 Å². The van der Waals surface area contributed by atoms with Crippen molar-refractivity contribution in [3.8, 4) is 0 Å². The van der Waals surface area contributed by atoms with E-state index >= 15 is 0 Å². The molecule has 0 saturated heterocycles. The summed E-state index contributed by atoms with van der Waals surface area (Å²) in [5, 5.41) is 0. The number of halogens is 1. The van der Waals surface area contributed by atoms with Crippen LogP contribution in [0.1, 0.15) is 33.1 Å². The van der Waals surface area contributed by atoms with Gasteiger partial charge in [-0.1, -0.05) is 102 Å². The molecule has 0 heterocycles. The summed E-state index contributed by atoms with van der Waals surface area (Å²) in [6.07, 6.45) is 29.3. The lowest BCUT2D eigenvalue weighted by Crippen LogP contribution is -2.20. The molecule has 0 N–H and O–H groups in total. The highest BCUT2D eigenvalue weighted by Gasteiger charge is 2.28. The van der Waals surface area contributed by atoms with Crippen LogP contribution in [0, 0.1) is 10.8 Å². The van der Waals surface area contributed by atoms with Crippen LogP contribution in [-0.2, 0) is 9.53 Å². The Labute approximate surface area is 165 Å². The fraction of sp³-hybridized carbons (Fsp3) is 0.409. The standard InChI is InChI=1S/C22H27IO2/c1-3-5-11-21(14-9-10-19(23)20(24)25-4-2)15-17-22(18-16-21)12-7-6-8-13-22/h5,7-9,11-19H,3-4,6,10H2,1-2H3/b11-5-,14-9-. The number of esters is 1. The van der Waals surface area contributed by atoms with Crippen molar-refractivity contribution >= 4 is 28.6 Å². The highest BCUT2D eigenvalue weighted by molar-refractivity contribution is 14.1. The van der Waals surface area contributed by atoms with E-state index in [0.29, 0.717) is 13.0 Å². The predicted octanol–water partition coefficient (Wildman–Crippen LogP) is 5.88. The van der Waals surface area contributed by atoms with Crippen molar-refractivity contribution in [1.29, 1.82) is 0 Å². The van der Waals surface area contributed by atoms with Crippen LogP contribution in [0.4, 0.5) is 0 Å². The van der Waals surface area contributed by atoms with Crippen LogP contribution in [0.2, 0.25) is 0 Å². The second-order valence-electron chi connectivity index (χ2n) is 6.38. The van der Waals surface area contributed by atoms with E-state index in [-0.39, 0.29) is 20.7 Å². The van der Waals surface area contributed by atoms with Crippen LogP contribution >= 0.6 is 22.6 Å². The predicted molar refractivity (Wildman–Crippen MR) is 114 cm³/mol. The molecule has 0 amide bonds. The molecular formula is C22H27IO2. The first-order chi connectivity index (χ1) is 12.0. The molecule has 2 aliphatic rings. The molecule has 0 bridgehead atoms. The van der Waals surface area contributed by atoms with Gasteiger partial charge >= 0.3 is 5.97 Å². The smallest absolute Gasteiger partial charge is 0.319 e. The maximum atomic E-state index is 11.8. The summed E-state index contributed by atoms with van der Waals surface area (Å²) in [6.45, 7) is 4.41. The van der Waals surface area contributed by atoms with Gasteiger partial charge in [-0.3, -0.25) is 4.79 Å². The summed E-state index contributed by atoms with van der Waals surface area (Å²) < 4.78 is 4.93. The summed E-state index contributed by atoms with van der Waals surface area (Å²) in [6, 6.07) is 0. The molecule has 2 rings (SSSR count). The Balaban J connectivity index is 2.12. The van der Waals surface area contributed by atoms with E-state index < -0.39 is 0 Å². The third kappa shape index (κ3) is 5.56. The Morgan fingerprint density at radius 3 is 2.32 bits per heavy atom. The molecular weight excluding hydrogens is 423 g/mol. The zero-order valence-corrected chi connectivity index (χ0v) is 17.2. The van der Waals surface area contributed by atoms with Crippen molar-refractivity contribution in [2.45, 2.75) is 37.0 Å². The molecule has 0 fully saturated rings. The van der Waals surface area contributed by atoms with Crippen molar-refractivity contribution in [2.75, 3.05) is 6.61 Å². The minimum absolute atomic E-state index is 0.0770. The lowest BCUT2D eigenvalue weighted by Gasteiger charge is -2.31. The van der Waals surface area contributed by atoms with Gasteiger partial charge in [0.25, 0.3) is 0 Å². The molecule has 134 valence electrons. The van der Waals surface area contributed by atoms with Gasteiger partial charge in [0.15, 0.2) is 0 Å². The van der Waals surface area contributed by atoms with Crippen molar-refractivity contribution < 1.29 is 9.53 Å². The van der Waals surface area contributed by atoms with Crippen LogP contribution in [0.3, 0.4) is 0 Å². The number of hydrogen-bond acceptors (Lipinski definition) is 2. The van der Waals surface area contributed by atoms with Gasteiger partial charge in [-0.25, -0.2) is 0 Å². The van der Waals surface area contributed by atoms with E-state index in [1.165, 1.54) is 0 Å². The van der Waals surface area contributed by atoms with Crippen molar-refractivity contribution in [2.24, 2.45) is 10.8 Å². The van der Waals surface area contributed by atoms with E-state index in [4.69, 9.17) is 4.74 Å². The summed E-state index contributed by atoms with van der Waals surface area (Å²) >= 11 is 2.15. The molecule has 0 aromatic rings. The third-order valence-electron chi connectivity index (χ3n) is 4.34. The molecule has 0 saturated carbocycles. The Bertz CT molecular complexity index is 606. The Hall–Kier alpha value is -1.36. The summed E-state index contributed by atoms with van der Waals surface area (Å²) in [5.74, 6) is -0.142. The molecule has 1 spiro atoms. The van der Waals surface area contributed by atoms with E-state index in [9.17, 15) is 4.79 Å². The summed E-state index contributed by atoms with van der Waals surface area (Å²) in [5.41, 5.74) is -0.294. The number of carbonyl (C=O) groups excluding carboxylic acids is 1. The zero-order valence-electron chi connectivity index (χ0n) is 15.0. The summed E-state index contributed by atoms with van der Waals surface area (Å²) in [7, 11) is 0. The SMILES string of the molecule is CC/C=C\C1(/C=C\CC(I)C(=O)OCC)C=CC2(C=CCC=C2)C=C1. The van der Waals surface area contributed by atoms with Gasteiger partial charge in [0.05, 0.1) is 6.61 Å². The van der Waals surface area contributed by atoms with Gasteiger partial charge in [0.2, 0.25) is 0 Å². The van der Waals surface area contributed by atoms with Gasteiger partial charge in [-0.05, 0) is 26.2 Å². The lowest BCUT2D eigenvalue weighted by atomic mass is 9.73. The minimum atomic E-state index is -0.217. The van der Waals surface area contributed by atoms with Gasteiger partial charge in [0.1, 0.15) is 3.92 Å². The Kier molecular flexibility index (Phi) is 7.48. The molecule has 2 nitrogen and oxygen atoms in total. The van der Waals surface area contributed by atoms with Crippen LogP contribution in [-0.4, -0.2) is 16.5 Å². The highest BCUT2D eigenvalue weighted by atomic mass is 127. The van der Waals surface area contributed by atoms with Crippen molar-refractivity contribution in [3.05, 3.63) is 72.9 Å². The molecule has 2 aliphatic carbocycles. The average Bonchev–Trinajstić information content (AvgIpc) is 2.63. The van der Waals surface area contributed by atoms with E-state index in [1.807, 2.05) is 6.92 Å². The van der Waals surface area contributed by atoms with Crippen LogP contribution in [0.25, 0.3) is 0 Å². The molecule has 1 atom stereocenters. The van der Waals surface area contributed by atoms with Gasteiger partial charge in [0, 0.05) is 10.8 Å². The fourth-order valence-electron chi connectivity index (χ4n) is 2.91. The molecule has 0 aliphatic heterocycles. The maximum Gasteiger partial charge on any atom is 0.319 e. The molecule has 1 unspecified atom stereocenters. The number of ether oxygens (including phenoxy) is 1. The van der Waals surface area contributed by atoms with Gasteiger partial charge in [-0.2, -0.15) is 0 Å². The first-order valence-corrected chi connectivity index (χ1v) is 10.2. The maximum absolute atomic E-state index is 11.8. The molecule has 3 heteroatoms. The minimum Gasteiger partial charge on any atom is -0.465 e. The second kappa shape index (κ2) is 9.37. The van der Waals surface area contributed by atoms with E-state index in [1.54, 1.807) is 0 Å². The molecule has 25 heavy (non-hydrogen) atoms. The number of carbonyl (C=O) groups is 1. The number of hydrogen-bond donors (Lipinski definition) is 0. The monoisotopic (exact) mass is 450 g/mol. The number of allylic oxidation sites excluding steroid dienone is 12. The fourth-order valence-corrected chi connectivity index (χ4v) is 3.38. The summed E-state index contributed by atoms with van der Waals surface area (Å²) in [4.78, 5) is 11.8. The molecule has 0 radical (unpaired) electrons. The molecule has 0 aromatic carbocycles. The first-order valence-electron chi connectivity index (χ1n) is 8.97. The lowest BCUT2D eigenvalue weighted by molar-refractivity contribution is -0.141. The van der Waals surface area contributed by atoms with Gasteiger partial charge < -0.3 is 4.74 Å². The number of alkyl halides is 1. The first kappa shape index (κ1) is 20.0. The Morgan fingerprint density at radius 1 is 1.08 bits per heavy atom. The van der Waals surface area contributed by atoms with Crippen LogP contribution in [0.5, 0.6) is 0 Å². The van der Waals surface area contributed by atoms with Crippen LogP contribution in [0.15, 0.2) is 72.9 Å².